The number of aliphatic imine (C=N–C) groups is 1. The molecule has 1 unspecified atom stereocenters. The zero-order chi connectivity index (χ0) is 23.0. The van der Waals surface area contributed by atoms with Gasteiger partial charge in [-0.05, 0) is 31.2 Å². The van der Waals surface area contributed by atoms with Crippen LogP contribution in [0.3, 0.4) is 0 Å². The van der Waals surface area contributed by atoms with Crippen molar-refractivity contribution < 1.29 is 14.3 Å². The van der Waals surface area contributed by atoms with E-state index >= 15 is 0 Å². The van der Waals surface area contributed by atoms with Crippen LogP contribution in [0.15, 0.2) is 41.5 Å². The first kappa shape index (κ1) is 24.3. The monoisotopic (exact) mass is 484 g/mol. The topological polar surface area (TPSA) is 121 Å². The quantitative estimate of drug-likeness (QED) is 0.137. The van der Waals surface area contributed by atoms with Gasteiger partial charge in [-0.1, -0.05) is 34.8 Å². The van der Waals surface area contributed by atoms with Gasteiger partial charge in [0.05, 0.1) is 26.1 Å². The number of hydrogen-bond donors (Lipinski definition) is 3. The minimum atomic E-state index is -1.53. The third-order valence-corrected chi connectivity index (χ3v) is 4.42. The van der Waals surface area contributed by atoms with Crippen molar-refractivity contribution in [3.8, 4) is 17.7 Å². The highest BCUT2D eigenvalue weighted by Crippen LogP contribution is 2.27. The lowest BCUT2D eigenvalue weighted by Gasteiger charge is -2.25. The molecule has 0 spiro atoms. The minimum absolute atomic E-state index is 0.0207. The Balaban J connectivity index is 2.32. The van der Waals surface area contributed by atoms with Crippen LogP contribution in [0.25, 0.3) is 0 Å². The summed E-state index contributed by atoms with van der Waals surface area (Å²) in [4.78, 5) is 21.0. The Bertz CT molecular complexity index is 965. The maximum Gasteiger partial charge on any atom is 0.253 e. The number of rotatable bonds is 7. The normalized spacial score (nSPS) is 12.4. The lowest BCUT2D eigenvalue weighted by atomic mass is 10.1. The Morgan fingerprint density at radius 3 is 2.35 bits per heavy atom. The Kier molecular flexibility index (Phi) is 8.56. The molecular weight excluding hydrogens is 467 g/mol. The number of pyridine rings is 1. The third-order valence-electron chi connectivity index (χ3n) is 3.78. The van der Waals surface area contributed by atoms with Gasteiger partial charge in [-0.2, -0.15) is 5.26 Å². The van der Waals surface area contributed by atoms with Gasteiger partial charge in [-0.3, -0.25) is 10.1 Å². The number of halogens is 3. The van der Waals surface area contributed by atoms with Gasteiger partial charge in [-0.15, -0.1) is 0 Å². The summed E-state index contributed by atoms with van der Waals surface area (Å²) in [5, 5.41) is 17.2. The van der Waals surface area contributed by atoms with Crippen molar-refractivity contribution in [2.75, 3.05) is 19.5 Å². The van der Waals surface area contributed by atoms with Crippen molar-refractivity contribution in [3.63, 3.8) is 0 Å². The molecule has 1 aromatic carbocycles. The van der Waals surface area contributed by atoms with Crippen LogP contribution >= 0.6 is 34.8 Å². The van der Waals surface area contributed by atoms with Crippen molar-refractivity contribution >= 4 is 52.4 Å². The predicted molar refractivity (Wildman–Crippen MR) is 120 cm³/mol. The maximum absolute atomic E-state index is 12.8. The van der Waals surface area contributed by atoms with E-state index in [0.29, 0.717) is 22.3 Å². The lowest BCUT2D eigenvalue weighted by molar-refractivity contribution is 0.0935. The Labute approximate surface area is 194 Å². The van der Waals surface area contributed by atoms with Crippen LogP contribution in [0.1, 0.15) is 17.3 Å². The molecule has 0 aliphatic heterocycles. The van der Waals surface area contributed by atoms with Gasteiger partial charge in [0.2, 0.25) is 5.96 Å². The van der Waals surface area contributed by atoms with Crippen molar-refractivity contribution in [2.24, 2.45) is 4.99 Å². The molecule has 2 rings (SSSR count). The number of anilines is 1. The lowest BCUT2D eigenvalue weighted by Crippen LogP contribution is -2.45. The Morgan fingerprint density at radius 1 is 1.23 bits per heavy atom. The molecule has 1 atom stereocenters. The highest BCUT2D eigenvalue weighted by Gasteiger charge is 2.32. The second-order valence-corrected chi connectivity index (χ2v) is 8.29. The fraction of sp³-hybridized carbons (Fsp3) is 0.263. The number of hydrogen-bond acceptors (Lipinski definition) is 6. The highest BCUT2D eigenvalue weighted by atomic mass is 35.5. The number of nitrogens with zero attached hydrogens (tertiary/aromatic N) is 3. The summed E-state index contributed by atoms with van der Waals surface area (Å²) in [5.74, 6) is 0.288. The number of alkyl halides is 2. The van der Waals surface area contributed by atoms with Gasteiger partial charge < -0.3 is 20.1 Å². The second-order valence-electron chi connectivity index (χ2n) is 6.14. The Morgan fingerprint density at radius 2 is 1.87 bits per heavy atom. The average molecular weight is 486 g/mol. The summed E-state index contributed by atoms with van der Waals surface area (Å²) < 4.78 is 8.83. The summed E-state index contributed by atoms with van der Waals surface area (Å²) in [6.07, 6.45) is 2.04. The van der Waals surface area contributed by atoms with Crippen molar-refractivity contribution in [1.82, 2.24) is 15.6 Å². The molecule has 0 fully saturated rings. The molecule has 2 aromatic rings. The van der Waals surface area contributed by atoms with E-state index in [1.54, 1.807) is 24.4 Å². The van der Waals surface area contributed by atoms with E-state index in [9.17, 15) is 4.79 Å². The molecule has 1 heterocycles. The number of amides is 1. The van der Waals surface area contributed by atoms with E-state index < -0.39 is 16.4 Å². The van der Waals surface area contributed by atoms with Crippen LogP contribution in [-0.4, -0.2) is 41.6 Å². The first-order valence-electron chi connectivity index (χ1n) is 8.69. The molecule has 0 radical (unpaired) electrons. The number of ether oxygens (including phenoxy) is 2. The summed E-state index contributed by atoms with van der Waals surface area (Å²) in [5.41, 5.74) is 0.720. The van der Waals surface area contributed by atoms with E-state index in [1.807, 2.05) is 0 Å². The summed E-state index contributed by atoms with van der Waals surface area (Å²) in [7, 11) is 2.94. The molecular formula is C19H19Cl3N6O3. The number of nitriles is 1. The largest absolute Gasteiger partial charge is 0.497 e. The molecule has 0 saturated carbocycles. The van der Waals surface area contributed by atoms with Gasteiger partial charge >= 0.3 is 0 Å². The number of carbonyl (C=O) groups excluding carboxylic acids is 1. The van der Waals surface area contributed by atoms with E-state index in [0.717, 1.165) is 0 Å². The van der Waals surface area contributed by atoms with Gasteiger partial charge in [0.1, 0.15) is 16.7 Å². The van der Waals surface area contributed by atoms with Crippen molar-refractivity contribution in [1.29, 1.82) is 5.26 Å². The van der Waals surface area contributed by atoms with Crippen molar-refractivity contribution in [3.05, 3.63) is 47.2 Å². The molecule has 1 amide bonds. The minimum Gasteiger partial charge on any atom is -0.497 e. The number of benzene rings is 1. The van der Waals surface area contributed by atoms with Crippen LogP contribution < -0.4 is 25.4 Å². The molecule has 12 heteroatoms. The standard InChI is InChI=1S/C19H19Cl3N6O3/c1-19(21,22)17(27-16(29)11-6-13(30-2)8-14(7-11)31-3)28-18(25-10-23)26-12-4-5-15(20)24-9-12/h4-9,17H,1-3H3,(H,27,29)(H2,25,26,28). The van der Waals surface area contributed by atoms with E-state index in [-0.39, 0.29) is 11.5 Å². The van der Waals surface area contributed by atoms with E-state index in [2.05, 4.69) is 25.9 Å². The van der Waals surface area contributed by atoms with Crippen LogP contribution in [-0.2, 0) is 0 Å². The number of nitrogens with one attached hydrogen (secondary N) is 3. The molecule has 31 heavy (non-hydrogen) atoms. The number of aromatic nitrogens is 1. The molecule has 3 N–H and O–H groups in total. The molecule has 0 aliphatic rings. The summed E-state index contributed by atoms with van der Waals surface area (Å²) in [6.45, 7) is 1.45. The highest BCUT2D eigenvalue weighted by molar-refractivity contribution is 6.48. The zero-order valence-electron chi connectivity index (χ0n) is 16.7. The molecule has 1 aromatic heterocycles. The smallest absolute Gasteiger partial charge is 0.253 e. The fourth-order valence-electron chi connectivity index (χ4n) is 2.28. The number of guanidine groups is 1. The Hall–Kier alpha value is -2.93. The van der Waals surface area contributed by atoms with Gasteiger partial charge in [-0.25, -0.2) is 9.98 Å². The third kappa shape index (κ3) is 7.36. The van der Waals surface area contributed by atoms with E-state index in [1.165, 1.54) is 39.5 Å². The molecule has 9 nitrogen and oxygen atoms in total. The van der Waals surface area contributed by atoms with E-state index in [4.69, 9.17) is 49.5 Å². The number of carbonyl (C=O) groups is 1. The first-order valence-corrected chi connectivity index (χ1v) is 9.83. The fourth-order valence-corrected chi connectivity index (χ4v) is 2.60. The maximum atomic E-state index is 12.8. The predicted octanol–water partition coefficient (Wildman–Crippen LogP) is 3.54. The second kappa shape index (κ2) is 10.9. The SMILES string of the molecule is COc1cc(OC)cc(C(=O)NC(/N=C(\NC#N)Nc2ccc(Cl)nc2)C(C)(Cl)Cl)c1. The van der Waals surface area contributed by atoms with Gasteiger partial charge in [0.15, 0.2) is 16.7 Å². The summed E-state index contributed by atoms with van der Waals surface area (Å²) >= 11 is 18.3. The molecule has 164 valence electrons. The van der Waals surface area contributed by atoms with Crippen LogP contribution in [0.4, 0.5) is 5.69 Å². The number of methoxy groups -OCH3 is 2. The zero-order valence-corrected chi connectivity index (χ0v) is 19.0. The summed E-state index contributed by atoms with van der Waals surface area (Å²) in [6, 6.07) is 7.84. The van der Waals surface area contributed by atoms with Crippen LogP contribution in [0.2, 0.25) is 5.15 Å². The molecule has 0 bridgehead atoms. The van der Waals surface area contributed by atoms with Crippen LogP contribution in [0.5, 0.6) is 11.5 Å². The first-order chi connectivity index (χ1) is 14.7. The van der Waals surface area contributed by atoms with Crippen molar-refractivity contribution in [2.45, 2.75) is 17.4 Å². The molecule has 0 aliphatic carbocycles. The van der Waals surface area contributed by atoms with Gasteiger partial charge in [0.25, 0.3) is 5.91 Å². The van der Waals surface area contributed by atoms with Gasteiger partial charge in [0, 0.05) is 11.6 Å². The molecule has 0 saturated heterocycles. The average Bonchev–Trinajstić information content (AvgIpc) is 2.73. The van der Waals surface area contributed by atoms with Crippen LogP contribution in [0, 0.1) is 11.5 Å².